The second kappa shape index (κ2) is 4.77. The molecule has 21 heavy (non-hydrogen) atoms. The van der Waals surface area contributed by atoms with E-state index in [1.807, 2.05) is 24.3 Å². The summed E-state index contributed by atoms with van der Waals surface area (Å²) in [5.74, 6) is 1.87. The van der Waals surface area contributed by atoms with Gasteiger partial charge in [0, 0.05) is 18.4 Å². The van der Waals surface area contributed by atoms with Gasteiger partial charge in [-0.1, -0.05) is 18.2 Å². The quantitative estimate of drug-likeness (QED) is 0.784. The summed E-state index contributed by atoms with van der Waals surface area (Å²) in [6, 6.07) is 9.36. The van der Waals surface area contributed by atoms with Crippen LogP contribution in [0.5, 0.6) is 0 Å². The number of aromatic nitrogens is 2. The van der Waals surface area contributed by atoms with Gasteiger partial charge in [0.25, 0.3) is 5.91 Å². The molecule has 3 aromatic rings. The van der Waals surface area contributed by atoms with E-state index in [9.17, 15) is 4.79 Å². The van der Waals surface area contributed by atoms with Crippen molar-refractivity contribution in [2.75, 3.05) is 5.32 Å². The smallest absolute Gasteiger partial charge is 0.292 e. The van der Waals surface area contributed by atoms with Gasteiger partial charge >= 0.3 is 0 Å². The molecule has 0 saturated heterocycles. The number of nitrogens with one attached hydrogen (secondary N) is 1. The van der Waals surface area contributed by atoms with Gasteiger partial charge in [0.2, 0.25) is 0 Å². The van der Waals surface area contributed by atoms with Gasteiger partial charge in [-0.25, -0.2) is 4.98 Å². The number of anilines is 1. The Morgan fingerprint density at radius 2 is 2.19 bits per heavy atom. The monoisotopic (exact) mass is 281 g/mol. The summed E-state index contributed by atoms with van der Waals surface area (Å²) in [7, 11) is 0. The second-order valence-electron chi connectivity index (χ2n) is 5.27. The summed E-state index contributed by atoms with van der Waals surface area (Å²) in [5.41, 5.74) is 0.720. The average molecular weight is 281 g/mol. The molecule has 106 valence electrons. The van der Waals surface area contributed by atoms with Crippen molar-refractivity contribution in [1.82, 2.24) is 9.55 Å². The van der Waals surface area contributed by atoms with E-state index >= 15 is 0 Å². The minimum absolute atomic E-state index is 0.237. The second-order valence-corrected chi connectivity index (χ2v) is 5.27. The third-order valence-corrected chi connectivity index (χ3v) is 3.86. The lowest BCUT2D eigenvalue weighted by Crippen LogP contribution is -2.17. The number of benzene rings is 1. The maximum absolute atomic E-state index is 12.3. The van der Waals surface area contributed by atoms with Crippen LogP contribution >= 0.6 is 0 Å². The average Bonchev–Trinajstić information content (AvgIpc) is 3.11. The molecular formula is C16H15N3O2. The number of hydrogen-bond donors (Lipinski definition) is 1. The molecule has 4 rings (SSSR count). The largest absolute Gasteiger partial charge is 0.451 e. The molecule has 2 aromatic heterocycles. The van der Waals surface area contributed by atoms with Crippen molar-refractivity contribution in [3.05, 3.63) is 48.1 Å². The number of para-hydroxylation sites is 1. The summed E-state index contributed by atoms with van der Waals surface area (Å²) in [6.45, 7) is 0.908. The molecule has 5 nitrogen and oxygen atoms in total. The number of carbonyl (C=O) groups excluding carboxylic acids is 1. The van der Waals surface area contributed by atoms with E-state index in [4.69, 9.17) is 4.42 Å². The highest BCUT2D eigenvalue weighted by molar-refractivity contribution is 6.04. The molecule has 1 amide bonds. The van der Waals surface area contributed by atoms with Crippen LogP contribution in [0.1, 0.15) is 29.2 Å². The zero-order chi connectivity index (χ0) is 14.2. The number of fused-ring (bicyclic) bond motifs is 2. The fraction of sp³-hybridized carbons (Fsp3) is 0.250. The van der Waals surface area contributed by atoms with Crippen molar-refractivity contribution in [1.29, 1.82) is 0 Å². The van der Waals surface area contributed by atoms with Crippen LogP contribution in [0.25, 0.3) is 11.0 Å². The number of hydrogen-bond acceptors (Lipinski definition) is 3. The maximum Gasteiger partial charge on any atom is 0.292 e. The topological polar surface area (TPSA) is 60.1 Å². The normalized spacial score (nSPS) is 14.1. The number of nitrogens with zero attached hydrogens (tertiary/aromatic N) is 2. The number of rotatable bonds is 2. The number of imidazole rings is 1. The van der Waals surface area contributed by atoms with Crippen LogP contribution in [0, 0.1) is 0 Å². The Morgan fingerprint density at radius 3 is 3.10 bits per heavy atom. The Balaban J connectivity index is 1.62. The molecule has 0 spiro atoms. The van der Waals surface area contributed by atoms with Crippen molar-refractivity contribution in [3.8, 4) is 0 Å². The molecule has 0 saturated carbocycles. The van der Waals surface area contributed by atoms with Crippen LogP contribution in [0.2, 0.25) is 0 Å². The lowest BCUT2D eigenvalue weighted by molar-refractivity contribution is 0.0997. The zero-order valence-electron chi connectivity index (χ0n) is 11.5. The Labute approximate surface area is 121 Å². The van der Waals surface area contributed by atoms with Crippen molar-refractivity contribution >= 4 is 22.7 Å². The van der Waals surface area contributed by atoms with Gasteiger partial charge in [0.1, 0.15) is 17.2 Å². The minimum atomic E-state index is -0.237. The molecule has 0 unspecified atom stereocenters. The lowest BCUT2D eigenvalue weighted by Gasteiger charge is -2.16. The van der Waals surface area contributed by atoms with Crippen LogP contribution in [0.4, 0.5) is 5.82 Å². The van der Waals surface area contributed by atoms with Gasteiger partial charge < -0.3 is 14.3 Å². The van der Waals surface area contributed by atoms with Gasteiger partial charge in [-0.15, -0.1) is 0 Å². The van der Waals surface area contributed by atoms with Crippen LogP contribution in [-0.2, 0) is 13.0 Å². The molecule has 0 atom stereocenters. The van der Waals surface area contributed by atoms with Gasteiger partial charge in [0.05, 0.1) is 6.20 Å². The first-order valence-electron chi connectivity index (χ1n) is 7.15. The zero-order valence-corrected chi connectivity index (χ0v) is 11.5. The summed E-state index contributed by atoms with van der Waals surface area (Å²) < 4.78 is 7.65. The first-order valence-corrected chi connectivity index (χ1v) is 7.15. The number of amides is 1. The molecule has 1 aliphatic rings. The fourth-order valence-corrected chi connectivity index (χ4v) is 2.79. The van der Waals surface area contributed by atoms with Gasteiger partial charge in [0.15, 0.2) is 5.76 Å². The Kier molecular flexibility index (Phi) is 2.77. The molecule has 5 heteroatoms. The maximum atomic E-state index is 12.3. The van der Waals surface area contributed by atoms with Crippen LogP contribution < -0.4 is 5.32 Å². The van der Waals surface area contributed by atoms with E-state index in [2.05, 4.69) is 14.9 Å². The van der Waals surface area contributed by atoms with E-state index < -0.39 is 0 Å². The lowest BCUT2D eigenvalue weighted by atomic mass is 10.2. The molecule has 1 aromatic carbocycles. The summed E-state index contributed by atoms with van der Waals surface area (Å²) in [5, 5.41) is 3.82. The molecule has 0 fully saturated rings. The summed E-state index contributed by atoms with van der Waals surface area (Å²) in [4.78, 5) is 16.7. The van der Waals surface area contributed by atoms with Crippen LogP contribution in [0.15, 0.2) is 40.9 Å². The Hall–Kier alpha value is -2.56. The number of furan rings is 1. The predicted molar refractivity (Wildman–Crippen MR) is 79.3 cm³/mol. The molecule has 0 radical (unpaired) electrons. The van der Waals surface area contributed by atoms with Gasteiger partial charge in [-0.05, 0) is 25.0 Å². The van der Waals surface area contributed by atoms with E-state index in [0.717, 1.165) is 48.4 Å². The molecule has 0 bridgehead atoms. The molecule has 1 N–H and O–H groups in total. The van der Waals surface area contributed by atoms with Crippen molar-refractivity contribution in [2.45, 2.75) is 25.8 Å². The SMILES string of the molecule is O=C(Nc1cnc2n1CCCC2)c1cc2ccccc2o1. The summed E-state index contributed by atoms with van der Waals surface area (Å²) >= 11 is 0. The third kappa shape index (κ3) is 2.11. The number of carbonyl (C=O) groups is 1. The third-order valence-electron chi connectivity index (χ3n) is 3.86. The van der Waals surface area contributed by atoms with E-state index in [-0.39, 0.29) is 5.91 Å². The minimum Gasteiger partial charge on any atom is -0.451 e. The van der Waals surface area contributed by atoms with E-state index in [0.29, 0.717) is 5.76 Å². The highest BCUT2D eigenvalue weighted by Gasteiger charge is 2.18. The first-order chi connectivity index (χ1) is 10.3. The molecular weight excluding hydrogens is 266 g/mol. The first kappa shape index (κ1) is 12.2. The standard InChI is InChI=1S/C16H15N3O2/c20-16(13-9-11-5-1-2-6-12(11)21-13)18-15-10-17-14-7-3-4-8-19(14)15/h1-2,5-6,9-10H,3-4,7-8H2,(H,18,20). The van der Waals surface area contributed by atoms with Crippen LogP contribution in [-0.4, -0.2) is 15.5 Å². The van der Waals surface area contributed by atoms with Gasteiger partial charge in [-0.3, -0.25) is 4.79 Å². The summed E-state index contributed by atoms with van der Waals surface area (Å²) in [6.07, 6.45) is 4.98. The van der Waals surface area contributed by atoms with E-state index in [1.54, 1.807) is 12.3 Å². The van der Waals surface area contributed by atoms with Crippen molar-refractivity contribution in [2.24, 2.45) is 0 Å². The highest BCUT2D eigenvalue weighted by Crippen LogP contribution is 2.22. The van der Waals surface area contributed by atoms with E-state index in [1.165, 1.54) is 0 Å². The highest BCUT2D eigenvalue weighted by atomic mass is 16.3. The molecule has 3 heterocycles. The molecule has 0 aliphatic carbocycles. The Morgan fingerprint density at radius 1 is 1.29 bits per heavy atom. The van der Waals surface area contributed by atoms with Crippen molar-refractivity contribution in [3.63, 3.8) is 0 Å². The Bertz CT molecular complexity index is 783. The van der Waals surface area contributed by atoms with Crippen LogP contribution in [0.3, 0.4) is 0 Å². The van der Waals surface area contributed by atoms with Gasteiger partial charge in [-0.2, -0.15) is 0 Å². The fourth-order valence-electron chi connectivity index (χ4n) is 2.79. The predicted octanol–water partition coefficient (Wildman–Crippen LogP) is 3.22. The molecule has 1 aliphatic heterocycles. The van der Waals surface area contributed by atoms with Crippen molar-refractivity contribution < 1.29 is 9.21 Å². The number of aryl methyl sites for hydroxylation is 1.